The Hall–Kier alpha value is -3.53. The van der Waals surface area contributed by atoms with Crippen LogP contribution in [0.3, 0.4) is 0 Å². The minimum Gasteiger partial charge on any atom is -0.493 e. The maximum absolute atomic E-state index is 12.1. The quantitative estimate of drug-likeness (QED) is 0.720. The van der Waals surface area contributed by atoms with Gasteiger partial charge in [0.25, 0.3) is 5.91 Å². The number of nitrogens with one attached hydrogen (secondary N) is 1. The molecule has 0 saturated carbocycles. The molecular formula is C20H20N2O5. The maximum atomic E-state index is 12.1. The first-order valence-corrected chi connectivity index (χ1v) is 8.30. The van der Waals surface area contributed by atoms with Gasteiger partial charge in [-0.2, -0.15) is 5.26 Å². The van der Waals surface area contributed by atoms with E-state index in [1.165, 1.54) is 20.1 Å². The number of ether oxygens (including phenoxy) is 3. The highest BCUT2D eigenvalue weighted by Crippen LogP contribution is 2.25. The number of nitrogens with zero attached hydrogens (tertiary/aromatic N) is 1. The average Bonchev–Trinajstić information content (AvgIpc) is 2.68. The van der Waals surface area contributed by atoms with Gasteiger partial charge in [0.2, 0.25) is 0 Å². The first-order valence-electron chi connectivity index (χ1n) is 8.30. The minimum absolute atomic E-state index is 0.0143. The number of benzene rings is 2. The van der Waals surface area contributed by atoms with Crippen LogP contribution in [-0.4, -0.2) is 31.7 Å². The van der Waals surface area contributed by atoms with Crippen LogP contribution in [0.15, 0.2) is 48.5 Å². The lowest BCUT2D eigenvalue weighted by Gasteiger charge is -2.14. The zero-order chi connectivity index (χ0) is 19.6. The number of anilines is 1. The number of hydrogen-bond acceptors (Lipinski definition) is 6. The molecular weight excluding hydrogens is 348 g/mol. The molecule has 7 heteroatoms. The fourth-order valence-corrected chi connectivity index (χ4v) is 2.20. The molecule has 2 rings (SSSR count). The fraction of sp³-hybridized carbons (Fsp3) is 0.250. The number of amides is 1. The SMILES string of the molecule is COc1ccccc1OCCC(=O)O[C@H](C)C(=O)Nc1cccc(C#N)c1. The molecule has 2 aromatic rings. The van der Waals surface area contributed by atoms with Gasteiger partial charge in [0.1, 0.15) is 0 Å². The first kappa shape index (κ1) is 19.8. The number of carbonyl (C=O) groups excluding carboxylic acids is 2. The largest absolute Gasteiger partial charge is 0.493 e. The van der Waals surface area contributed by atoms with Crippen LogP contribution >= 0.6 is 0 Å². The summed E-state index contributed by atoms with van der Waals surface area (Å²) in [6.45, 7) is 1.57. The van der Waals surface area contributed by atoms with E-state index in [2.05, 4.69) is 5.32 Å². The van der Waals surface area contributed by atoms with Gasteiger partial charge in [0, 0.05) is 5.69 Å². The van der Waals surface area contributed by atoms with Gasteiger partial charge in [-0.05, 0) is 37.3 Å². The summed E-state index contributed by atoms with van der Waals surface area (Å²) in [4.78, 5) is 24.0. The highest BCUT2D eigenvalue weighted by molar-refractivity contribution is 5.95. The summed E-state index contributed by atoms with van der Waals surface area (Å²) >= 11 is 0. The summed E-state index contributed by atoms with van der Waals surface area (Å²) < 4.78 is 15.8. The maximum Gasteiger partial charge on any atom is 0.310 e. The molecule has 1 amide bonds. The van der Waals surface area contributed by atoms with Crippen LogP contribution < -0.4 is 14.8 Å². The second-order valence-electron chi connectivity index (χ2n) is 5.56. The van der Waals surface area contributed by atoms with Crippen LogP contribution in [-0.2, 0) is 14.3 Å². The van der Waals surface area contributed by atoms with Crippen molar-refractivity contribution < 1.29 is 23.8 Å². The van der Waals surface area contributed by atoms with Gasteiger partial charge in [-0.3, -0.25) is 9.59 Å². The summed E-state index contributed by atoms with van der Waals surface area (Å²) in [7, 11) is 1.53. The van der Waals surface area contributed by atoms with Crippen LogP contribution in [0.4, 0.5) is 5.69 Å². The van der Waals surface area contributed by atoms with Crippen molar-refractivity contribution in [3.8, 4) is 17.6 Å². The number of methoxy groups -OCH3 is 1. The molecule has 0 unspecified atom stereocenters. The Morgan fingerprint density at radius 2 is 1.89 bits per heavy atom. The lowest BCUT2D eigenvalue weighted by molar-refractivity contribution is -0.153. The Labute approximate surface area is 157 Å². The lowest BCUT2D eigenvalue weighted by atomic mass is 10.2. The second-order valence-corrected chi connectivity index (χ2v) is 5.56. The molecule has 0 bridgehead atoms. The monoisotopic (exact) mass is 368 g/mol. The molecule has 0 spiro atoms. The molecule has 0 radical (unpaired) electrons. The highest BCUT2D eigenvalue weighted by Gasteiger charge is 2.18. The molecule has 1 atom stereocenters. The molecule has 140 valence electrons. The van der Waals surface area contributed by atoms with Gasteiger partial charge in [0.15, 0.2) is 17.6 Å². The number of hydrogen-bond donors (Lipinski definition) is 1. The molecule has 0 aliphatic rings. The molecule has 1 N–H and O–H groups in total. The first-order chi connectivity index (χ1) is 13.0. The molecule has 0 aliphatic carbocycles. The Balaban J connectivity index is 1.79. The normalized spacial score (nSPS) is 11.0. The molecule has 0 heterocycles. The van der Waals surface area contributed by atoms with Crippen molar-refractivity contribution in [2.75, 3.05) is 19.0 Å². The summed E-state index contributed by atoms with van der Waals surface area (Å²) in [5.74, 6) is 0.0524. The summed E-state index contributed by atoms with van der Waals surface area (Å²) in [6.07, 6.45) is -0.992. The predicted molar refractivity (Wildman–Crippen MR) is 98.4 cm³/mol. The van der Waals surface area contributed by atoms with Crippen molar-refractivity contribution in [2.45, 2.75) is 19.4 Å². The minimum atomic E-state index is -0.977. The van der Waals surface area contributed by atoms with Crippen LogP contribution in [0.2, 0.25) is 0 Å². The van der Waals surface area contributed by atoms with Gasteiger partial charge < -0.3 is 19.5 Å². The van der Waals surface area contributed by atoms with Crippen molar-refractivity contribution in [1.29, 1.82) is 5.26 Å². The molecule has 2 aromatic carbocycles. The van der Waals surface area contributed by atoms with Gasteiger partial charge in [0.05, 0.1) is 31.8 Å². The van der Waals surface area contributed by atoms with Crippen LogP contribution in [0.25, 0.3) is 0 Å². The average molecular weight is 368 g/mol. The Morgan fingerprint density at radius 1 is 1.15 bits per heavy atom. The van der Waals surface area contributed by atoms with Crippen LogP contribution in [0.5, 0.6) is 11.5 Å². The smallest absolute Gasteiger partial charge is 0.310 e. The zero-order valence-electron chi connectivity index (χ0n) is 15.1. The van der Waals surface area contributed by atoms with E-state index in [1.807, 2.05) is 12.1 Å². The van der Waals surface area contributed by atoms with E-state index in [4.69, 9.17) is 19.5 Å². The van der Waals surface area contributed by atoms with Crippen molar-refractivity contribution in [2.24, 2.45) is 0 Å². The Morgan fingerprint density at radius 3 is 2.59 bits per heavy atom. The summed E-state index contributed by atoms with van der Waals surface area (Å²) in [6, 6.07) is 15.5. The van der Waals surface area contributed by atoms with Gasteiger partial charge in [-0.25, -0.2) is 0 Å². The molecule has 27 heavy (non-hydrogen) atoms. The summed E-state index contributed by atoms with van der Waals surface area (Å²) in [5, 5.41) is 11.5. The lowest BCUT2D eigenvalue weighted by Crippen LogP contribution is -2.30. The third-order valence-electron chi connectivity index (χ3n) is 3.57. The number of para-hydroxylation sites is 2. The Kier molecular flexibility index (Phi) is 7.20. The van der Waals surface area contributed by atoms with Crippen LogP contribution in [0, 0.1) is 11.3 Å². The van der Waals surface area contributed by atoms with Crippen LogP contribution in [0.1, 0.15) is 18.9 Å². The van der Waals surface area contributed by atoms with Crippen molar-refractivity contribution in [3.63, 3.8) is 0 Å². The van der Waals surface area contributed by atoms with E-state index in [9.17, 15) is 9.59 Å². The fourth-order valence-electron chi connectivity index (χ4n) is 2.20. The van der Waals surface area contributed by atoms with Crippen molar-refractivity contribution >= 4 is 17.6 Å². The van der Waals surface area contributed by atoms with E-state index < -0.39 is 18.0 Å². The van der Waals surface area contributed by atoms with Crippen molar-refractivity contribution in [3.05, 3.63) is 54.1 Å². The van der Waals surface area contributed by atoms with E-state index in [-0.39, 0.29) is 13.0 Å². The third kappa shape index (κ3) is 6.04. The topological polar surface area (TPSA) is 97.7 Å². The summed E-state index contributed by atoms with van der Waals surface area (Å²) in [5.41, 5.74) is 0.882. The molecule has 0 fully saturated rings. The van der Waals surface area contributed by atoms with Gasteiger partial charge in [-0.1, -0.05) is 18.2 Å². The molecule has 7 nitrogen and oxygen atoms in total. The van der Waals surface area contributed by atoms with E-state index in [1.54, 1.807) is 36.4 Å². The van der Waals surface area contributed by atoms with Gasteiger partial charge >= 0.3 is 5.97 Å². The second kappa shape index (κ2) is 9.82. The zero-order valence-corrected chi connectivity index (χ0v) is 15.1. The standard InChI is InChI=1S/C20H20N2O5/c1-14(20(24)22-16-7-5-6-15(12-16)13-21)27-19(23)10-11-26-18-9-4-3-8-17(18)25-2/h3-9,12,14H,10-11H2,1-2H3,(H,22,24)/t14-/m1/s1. The van der Waals surface area contributed by atoms with Gasteiger partial charge in [-0.15, -0.1) is 0 Å². The van der Waals surface area contributed by atoms with E-state index in [0.29, 0.717) is 22.7 Å². The molecule has 0 aliphatic heterocycles. The highest BCUT2D eigenvalue weighted by atomic mass is 16.6. The number of nitriles is 1. The Bertz CT molecular complexity index is 844. The number of rotatable bonds is 8. The predicted octanol–water partition coefficient (Wildman–Crippen LogP) is 2.91. The number of carbonyl (C=O) groups is 2. The molecule has 0 aromatic heterocycles. The molecule has 0 saturated heterocycles. The number of esters is 1. The van der Waals surface area contributed by atoms with E-state index in [0.717, 1.165) is 0 Å². The third-order valence-corrected chi connectivity index (χ3v) is 3.57. The van der Waals surface area contributed by atoms with Crippen molar-refractivity contribution in [1.82, 2.24) is 0 Å². The van der Waals surface area contributed by atoms with E-state index >= 15 is 0 Å².